The molecule has 16 atom stereocenters. The van der Waals surface area contributed by atoms with E-state index in [2.05, 4.69) is 100 Å². The molecule has 0 aromatic rings. The van der Waals surface area contributed by atoms with Gasteiger partial charge in [-0.1, -0.05) is 131 Å². The molecule has 6 fully saturated rings. The highest BCUT2D eigenvalue weighted by atomic mass is 31.2. The van der Waals surface area contributed by atoms with Gasteiger partial charge >= 0.3 is 7.82 Å². The van der Waals surface area contributed by atoms with Gasteiger partial charge in [-0.3, -0.25) is 13.6 Å². The third-order valence-corrected chi connectivity index (χ3v) is 23.7. The number of hydrogen-bond donors (Lipinski definition) is 0. The first-order valence-corrected chi connectivity index (χ1v) is 29.9. The van der Waals surface area contributed by atoms with E-state index in [1.54, 1.807) is 11.1 Å². The quantitative estimate of drug-likeness (QED) is 0.0734. The number of rotatable bonds is 19. The van der Waals surface area contributed by atoms with E-state index in [1.165, 1.54) is 103 Å². The van der Waals surface area contributed by atoms with Crippen LogP contribution in [0.15, 0.2) is 23.3 Å². The van der Waals surface area contributed by atoms with E-state index in [4.69, 9.17) is 13.6 Å². The summed E-state index contributed by atoms with van der Waals surface area (Å²) in [7, 11) is 0.393. The van der Waals surface area contributed by atoms with Crippen molar-refractivity contribution in [3.8, 4) is 0 Å². The molecule has 8 rings (SSSR count). The lowest BCUT2D eigenvalue weighted by molar-refractivity contribution is -0.0627. The monoisotopic (exact) mass is 920 g/mol. The Morgan fingerprint density at radius 3 is 1.45 bits per heavy atom. The van der Waals surface area contributed by atoms with Crippen molar-refractivity contribution in [3.05, 3.63) is 23.3 Å². The molecule has 6 heteroatoms. The standard InChI is InChI=1S/C59H102NO4P/c1-40(2)16-13-18-42(5)50-24-26-52-48-22-20-44-38-46(28-32-56(44,7)54(48)30-34-58(50,52)9)63-65(61,62-37-15-36-60(11)12)64-47-29-33-57(8)45(39-47)21-23-49-53-27-25-51(43(6)19-14-17-41(3)4)59(53,10)35-31-55(49)57/h20-21,40-43,46-55H,13-19,22-39H2,1-12H3/t42-,43-,46+,47+,48+,49+,50-,51-,52+,53+,54+,55+,56+,57+,58-,59-/m1/s1. The van der Waals surface area contributed by atoms with Gasteiger partial charge in [0.15, 0.2) is 0 Å². The lowest BCUT2D eigenvalue weighted by atomic mass is 9.47. The molecule has 8 aliphatic rings. The number of hydrogen-bond acceptors (Lipinski definition) is 5. The molecule has 0 radical (unpaired) electrons. The first kappa shape index (κ1) is 50.9. The van der Waals surface area contributed by atoms with Gasteiger partial charge in [-0.25, -0.2) is 4.57 Å². The first-order chi connectivity index (χ1) is 30.8. The van der Waals surface area contributed by atoms with Crippen molar-refractivity contribution < 1.29 is 18.1 Å². The van der Waals surface area contributed by atoms with E-state index in [0.717, 1.165) is 123 Å². The van der Waals surface area contributed by atoms with Crippen molar-refractivity contribution >= 4 is 7.82 Å². The Balaban J connectivity index is 0.910. The summed E-state index contributed by atoms with van der Waals surface area (Å²) in [4.78, 5) is 2.17. The third kappa shape index (κ3) is 10.2. The zero-order valence-electron chi connectivity index (χ0n) is 44.4. The lowest BCUT2D eigenvalue weighted by Crippen LogP contribution is -2.51. The number of allylic oxidation sites excluding steroid dienone is 2. The molecule has 0 aliphatic heterocycles. The molecule has 6 saturated carbocycles. The molecule has 65 heavy (non-hydrogen) atoms. The fourth-order valence-corrected chi connectivity index (χ4v) is 20.1. The molecule has 5 nitrogen and oxygen atoms in total. The van der Waals surface area contributed by atoms with Crippen LogP contribution in [0.3, 0.4) is 0 Å². The van der Waals surface area contributed by atoms with Crippen LogP contribution in [-0.2, 0) is 18.1 Å². The molecule has 0 bridgehead atoms. The summed E-state index contributed by atoms with van der Waals surface area (Å²) < 4.78 is 35.1. The molecule has 0 aromatic heterocycles. The average molecular weight is 920 g/mol. The Morgan fingerprint density at radius 1 is 0.585 bits per heavy atom. The van der Waals surface area contributed by atoms with E-state index < -0.39 is 7.82 Å². The summed E-state index contributed by atoms with van der Waals surface area (Å²) in [5.74, 6) is 9.97. The summed E-state index contributed by atoms with van der Waals surface area (Å²) in [5.41, 5.74) is 4.63. The van der Waals surface area contributed by atoms with Crippen molar-refractivity contribution in [3.63, 3.8) is 0 Å². The van der Waals surface area contributed by atoms with Gasteiger partial charge in [0.05, 0.1) is 18.8 Å². The van der Waals surface area contributed by atoms with Crippen molar-refractivity contribution in [2.75, 3.05) is 27.2 Å². The van der Waals surface area contributed by atoms with E-state index >= 15 is 4.57 Å². The second-order valence-electron chi connectivity index (χ2n) is 27.0. The van der Waals surface area contributed by atoms with Crippen LogP contribution in [0.5, 0.6) is 0 Å². The summed E-state index contributed by atoms with van der Waals surface area (Å²) in [5, 5.41) is 0. The van der Waals surface area contributed by atoms with Gasteiger partial charge < -0.3 is 4.90 Å². The average Bonchev–Trinajstić information content (AvgIpc) is 3.79. The minimum absolute atomic E-state index is 0.116. The summed E-state index contributed by atoms with van der Waals surface area (Å²) in [6.45, 7) is 26.7. The van der Waals surface area contributed by atoms with Gasteiger partial charge in [-0.2, -0.15) is 0 Å². The van der Waals surface area contributed by atoms with Crippen LogP contribution in [0.25, 0.3) is 0 Å². The van der Waals surface area contributed by atoms with Crippen LogP contribution in [0.2, 0.25) is 0 Å². The molecule has 0 amide bonds. The highest BCUT2D eigenvalue weighted by Gasteiger charge is 2.61. The third-order valence-electron chi connectivity index (χ3n) is 22.1. The van der Waals surface area contributed by atoms with E-state index in [-0.39, 0.29) is 23.0 Å². The molecular weight excluding hydrogens is 818 g/mol. The smallest absolute Gasteiger partial charge is 0.309 e. The minimum atomic E-state index is -3.79. The van der Waals surface area contributed by atoms with Gasteiger partial charge in [0.2, 0.25) is 0 Å². The Morgan fingerprint density at radius 2 is 1.03 bits per heavy atom. The summed E-state index contributed by atoms with van der Waals surface area (Å²) >= 11 is 0. The second-order valence-corrected chi connectivity index (χ2v) is 28.5. The van der Waals surface area contributed by atoms with Crippen molar-refractivity contribution in [1.82, 2.24) is 4.90 Å². The minimum Gasteiger partial charge on any atom is -0.309 e. The normalized spacial score (nSPS) is 43.1. The molecule has 0 heterocycles. The number of phosphoric ester groups is 1. The van der Waals surface area contributed by atoms with E-state index in [0.29, 0.717) is 17.4 Å². The molecule has 0 saturated heterocycles. The van der Waals surface area contributed by atoms with Crippen LogP contribution in [0, 0.1) is 92.7 Å². The second kappa shape index (κ2) is 20.3. The van der Waals surface area contributed by atoms with Gasteiger partial charge in [-0.15, -0.1) is 0 Å². The molecule has 0 unspecified atom stereocenters. The molecule has 372 valence electrons. The predicted molar refractivity (Wildman–Crippen MR) is 273 cm³/mol. The molecule has 0 N–H and O–H groups in total. The first-order valence-electron chi connectivity index (χ1n) is 28.4. The zero-order chi connectivity index (χ0) is 46.5. The molecular formula is C59H102NO4P. The van der Waals surface area contributed by atoms with Gasteiger partial charge in [0.25, 0.3) is 0 Å². The van der Waals surface area contributed by atoms with Gasteiger partial charge in [-0.05, 0) is 222 Å². The van der Waals surface area contributed by atoms with Crippen LogP contribution < -0.4 is 0 Å². The molecule has 0 aromatic carbocycles. The Bertz CT molecular complexity index is 1610. The number of nitrogens with zero attached hydrogens (tertiary/aromatic N) is 1. The molecule has 0 spiro atoms. The van der Waals surface area contributed by atoms with E-state index in [9.17, 15) is 0 Å². The SMILES string of the molecule is CC(C)CCC[C@@H](C)[C@H]1CC[C@H]2[C@@H]3CC=C4C[C@@H](OP(=O)(OCCCN(C)C)O[C@H]5CC[C@@]6(C)C(=CC[C@H]7[C@@H]8CC[C@H]([C@H](C)CCCC(C)C)[C@@]8(C)CC[C@@H]76)C5)CC[C@]4(C)[C@H]3CC[C@]12C. The maximum Gasteiger partial charge on any atom is 0.475 e. The fraction of sp³-hybridized carbons (Fsp3) is 0.932. The Kier molecular flexibility index (Phi) is 15.9. The van der Waals surface area contributed by atoms with Gasteiger partial charge in [0.1, 0.15) is 0 Å². The van der Waals surface area contributed by atoms with Crippen LogP contribution in [-0.4, -0.2) is 44.4 Å². The van der Waals surface area contributed by atoms with E-state index in [1.807, 2.05) is 0 Å². The molecule has 8 aliphatic carbocycles. The topological polar surface area (TPSA) is 48.0 Å². The predicted octanol–water partition coefficient (Wildman–Crippen LogP) is 16.9. The Labute approximate surface area is 401 Å². The van der Waals surface area contributed by atoms with Gasteiger partial charge in [0, 0.05) is 0 Å². The number of phosphoric acid groups is 1. The van der Waals surface area contributed by atoms with Crippen molar-refractivity contribution in [1.29, 1.82) is 0 Å². The van der Waals surface area contributed by atoms with Crippen LogP contribution in [0.4, 0.5) is 0 Å². The van der Waals surface area contributed by atoms with Crippen molar-refractivity contribution in [2.24, 2.45) is 92.7 Å². The summed E-state index contributed by atoms with van der Waals surface area (Å²) in [6.07, 6.45) is 33.9. The van der Waals surface area contributed by atoms with Crippen molar-refractivity contribution in [2.45, 2.75) is 229 Å². The Hall–Kier alpha value is -0.450. The number of fused-ring (bicyclic) bond motifs is 10. The zero-order valence-corrected chi connectivity index (χ0v) is 45.3. The van der Waals surface area contributed by atoms with Crippen LogP contribution in [0.1, 0.15) is 217 Å². The summed E-state index contributed by atoms with van der Waals surface area (Å²) in [6, 6.07) is 0. The van der Waals surface area contributed by atoms with Crippen LogP contribution >= 0.6 is 7.82 Å². The fourth-order valence-electron chi connectivity index (χ4n) is 18.5. The maximum atomic E-state index is 15.1. The highest BCUT2D eigenvalue weighted by Crippen LogP contribution is 2.70. The maximum absolute atomic E-state index is 15.1. The highest BCUT2D eigenvalue weighted by molar-refractivity contribution is 7.48. The largest absolute Gasteiger partial charge is 0.475 e. The lowest BCUT2D eigenvalue weighted by Gasteiger charge is -2.58.